The van der Waals surface area contributed by atoms with Crippen LogP contribution in [0.25, 0.3) is 0 Å². The van der Waals surface area contributed by atoms with E-state index in [1.165, 1.54) is 5.56 Å². The van der Waals surface area contributed by atoms with Gasteiger partial charge in [0.25, 0.3) is 5.91 Å². The highest BCUT2D eigenvalue weighted by Crippen LogP contribution is 2.26. The average molecular weight is 413 g/mol. The van der Waals surface area contributed by atoms with Crippen molar-refractivity contribution in [2.75, 3.05) is 26.2 Å². The first-order chi connectivity index (χ1) is 14.1. The van der Waals surface area contributed by atoms with Gasteiger partial charge in [0.2, 0.25) is 5.91 Å². The second-order valence-corrected chi connectivity index (χ2v) is 8.27. The number of fused-ring (bicyclic) bond motifs is 1. The summed E-state index contributed by atoms with van der Waals surface area (Å²) in [6.45, 7) is 2.34. The number of nitrogens with zero attached hydrogens (tertiary/aromatic N) is 1. The third-order valence-electron chi connectivity index (χ3n) is 5.69. The Kier molecular flexibility index (Phi) is 6.05. The minimum absolute atomic E-state index is 0.0254. The van der Waals surface area contributed by atoms with Gasteiger partial charge in [0, 0.05) is 36.1 Å². The van der Waals surface area contributed by atoms with Crippen molar-refractivity contribution in [2.45, 2.75) is 19.3 Å². The summed E-state index contributed by atoms with van der Waals surface area (Å²) in [6, 6.07) is 14.9. The number of benzene rings is 2. The van der Waals surface area contributed by atoms with Crippen LogP contribution in [-0.2, 0) is 11.2 Å². The molecule has 6 heteroatoms. The van der Waals surface area contributed by atoms with Gasteiger partial charge in [-0.3, -0.25) is 9.59 Å². The second-order valence-electron chi connectivity index (χ2n) is 7.83. The molecule has 2 aliphatic rings. The standard InChI is InChI=1S/C23H25ClN2O3/c24-20-9-7-17(8-10-20)23(28)26-11-3-5-19(14-26)22(27)25-13-16-12-18-4-1-2-6-21(18)29-15-16/h1-2,4,6-10,16,19H,3,5,11-15H2,(H,25,27). The molecule has 2 unspecified atom stereocenters. The molecule has 0 spiro atoms. The maximum absolute atomic E-state index is 12.7. The Labute approximate surface area is 176 Å². The molecular formula is C23H25ClN2O3. The third kappa shape index (κ3) is 4.73. The summed E-state index contributed by atoms with van der Waals surface area (Å²) in [5.41, 5.74) is 1.80. The molecular weight excluding hydrogens is 388 g/mol. The van der Waals surface area contributed by atoms with Gasteiger partial charge in [-0.25, -0.2) is 0 Å². The zero-order valence-electron chi connectivity index (χ0n) is 16.3. The molecule has 0 aliphatic carbocycles. The Morgan fingerprint density at radius 1 is 1.14 bits per heavy atom. The maximum atomic E-state index is 12.7. The van der Waals surface area contributed by atoms with Crippen LogP contribution in [0, 0.1) is 11.8 Å². The Morgan fingerprint density at radius 3 is 2.76 bits per heavy atom. The van der Waals surface area contributed by atoms with Crippen molar-refractivity contribution < 1.29 is 14.3 Å². The van der Waals surface area contributed by atoms with Crippen LogP contribution in [0.5, 0.6) is 5.75 Å². The zero-order valence-corrected chi connectivity index (χ0v) is 17.0. The maximum Gasteiger partial charge on any atom is 0.253 e. The predicted octanol–water partition coefficient (Wildman–Crippen LogP) is 3.56. The fraction of sp³-hybridized carbons (Fsp3) is 0.391. The van der Waals surface area contributed by atoms with Gasteiger partial charge in [0.15, 0.2) is 0 Å². The Morgan fingerprint density at radius 2 is 1.93 bits per heavy atom. The summed E-state index contributed by atoms with van der Waals surface area (Å²) in [4.78, 5) is 27.2. The highest BCUT2D eigenvalue weighted by Gasteiger charge is 2.29. The first-order valence-corrected chi connectivity index (χ1v) is 10.5. The Bertz CT molecular complexity index is 884. The summed E-state index contributed by atoms with van der Waals surface area (Å²) in [5.74, 6) is 1.02. The minimum atomic E-state index is -0.170. The van der Waals surface area contributed by atoms with Crippen molar-refractivity contribution >= 4 is 23.4 Å². The van der Waals surface area contributed by atoms with Crippen LogP contribution in [0.15, 0.2) is 48.5 Å². The molecule has 0 radical (unpaired) electrons. The Balaban J connectivity index is 1.30. The number of amides is 2. The van der Waals surface area contributed by atoms with Crippen LogP contribution in [0.3, 0.4) is 0 Å². The monoisotopic (exact) mass is 412 g/mol. The quantitative estimate of drug-likeness (QED) is 0.835. The van der Waals surface area contributed by atoms with Gasteiger partial charge < -0.3 is 15.0 Å². The first-order valence-electron chi connectivity index (χ1n) is 10.1. The van der Waals surface area contributed by atoms with E-state index in [0.29, 0.717) is 36.8 Å². The number of likely N-dealkylation sites (tertiary alicyclic amines) is 1. The molecule has 2 amide bonds. The van der Waals surface area contributed by atoms with Gasteiger partial charge >= 0.3 is 0 Å². The third-order valence-corrected chi connectivity index (χ3v) is 5.94. The fourth-order valence-electron chi connectivity index (χ4n) is 4.06. The summed E-state index contributed by atoms with van der Waals surface area (Å²) in [5, 5.41) is 3.69. The average Bonchev–Trinajstić information content (AvgIpc) is 2.77. The van der Waals surface area contributed by atoms with Gasteiger partial charge in [-0.05, 0) is 55.2 Å². The zero-order chi connectivity index (χ0) is 20.2. The Hall–Kier alpha value is -2.53. The number of para-hydroxylation sites is 1. The van der Waals surface area contributed by atoms with Crippen LogP contribution in [0.4, 0.5) is 0 Å². The van der Waals surface area contributed by atoms with Gasteiger partial charge in [-0.1, -0.05) is 29.8 Å². The van der Waals surface area contributed by atoms with Gasteiger partial charge in [-0.15, -0.1) is 0 Å². The predicted molar refractivity (Wildman–Crippen MR) is 112 cm³/mol. The topological polar surface area (TPSA) is 58.6 Å². The molecule has 2 aromatic rings. The van der Waals surface area contributed by atoms with Crippen molar-refractivity contribution in [3.05, 3.63) is 64.7 Å². The van der Waals surface area contributed by atoms with Crippen molar-refractivity contribution in [1.29, 1.82) is 0 Å². The molecule has 29 heavy (non-hydrogen) atoms. The molecule has 2 aromatic carbocycles. The molecule has 0 saturated carbocycles. The molecule has 2 aliphatic heterocycles. The van der Waals surface area contributed by atoms with Crippen LogP contribution >= 0.6 is 11.6 Å². The number of carbonyl (C=O) groups is 2. The van der Waals surface area contributed by atoms with Crippen molar-refractivity contribution in [3.8, 4) is 5.75 Å². The number of carbonyl (C=O) groups excluding carboxylic acids is 2. The van der Waals surface area contributed by atoms with E-state index in [2.05, 4.69) is 11.4 Å². The first kappa shape index (κ1) is 19.8. The number of rotatable bonds is 4. The molecule has 4 rings (SSSR count). The number of hydrogen-bond acceptors (Lipinski definition) is 3. The lowest BCUT2D eigenvalue weighted by molar-refractivity contribution is -0.126. The molecule has 152 valence electrons. The van der Waals surface area contributed by atoms with E-state index < -0.39 is 0 Å². The molecule has 1 saturated heterocycles. The van der Waals surface area contributed by atoms with Gasteiger partial charge in [-0.2, -0.15) is 0 Å². The lowest BCUT2D eigenvalue weighted by Gasteiger charge is -2.32. The van der Waals surface area contributed by atoms with Crippen LogP contribution in [0.2, 0.25) is 5.02 Å². The molecule has 0 bridgehead atoms. The minimum Gasteiger partial charge on any atom is -0.493 e. The van der Waals surface area contributed by atoms with E-state index in [9.17, 15) is 9.59 Å². The van der Waals surface area contributed by atoms with Crippen LogP contribution in [-0.4, -0.2) is 43.0 Å². The summed E-state index contributed by atoms with van der Waals surface area (Å²) >= 11 is 5.91. The van der Waals surface area contributed by atoms with E-state index >= 15 is 0 Å². The summed E-state index contributed by atoms with van der Waals surface area (Å²) < 4.78 is 5.81. The molecule has 1 fully saturated rings. The summed E-state index contributed by atoms with van der Waals surface area (Å²) in [7, 11) is 0. The van der Waals surface area contributed by atoms with E-state index in [-0.39, 0.29) is 23.7 Å². The van der Waals surface area contributed by atoms with Gasteiger partial charge in [0.1, 0.15) is 5.75 Å². The molecule has 0 aromatic heterocycles. The lowest BCUT2D eigenvalue weighted by atomic mass is 9.94. The molecule has 2 heterocycles. The lowest BCUT2D eigenvalue weighted by Crippen LogP contribution is -2.46. The van der Waals surface area contributed by atoms with Crippen molar-refractivity contribution in [3.63, 3.8) is 0 Å². The van der Waals surface area contributed by atoms with Gasteiger partial charge in [0.05, 0.1) is 12.5 Å². The number of hydrogen-bond donors (Lipinski definition) is 1. The fourth-order valence-corrected chi connectivity index (χ4v) is 4.19. The molecule has 1 N–H and O–H groups in total. The van der Waals surface area contributed by atoms with E-state index in [1.54, 1.807) is 29.2 Å². The SMILES string of the molecule is O=C(NCC1COc2ccccc2C1)C1CCCN(C(=O)c2ccc(Cl)cc2)C1. The van der Waals surface area contributed by atoms with Crippen LogP contribution in [0.1, 0.15) is 28.8 Å². The van der Waals surface area contributed by atoms with Crippen LogP contribution < -0.4 is 10.1 Å². The number of nitrogens with one attached hydrogen (secondary N) is 1. The van der Waals surface area contributed by atoms with E-state index in [1.807, 2.05) is 18.2 Å². The highest BCUT2D eigenvalue weighted by molar-refractivity contribution is 6.30. The molecule has 5 nitrogen and oxygen atoms in total. The smallest absolute Gasteiger partial charge is 0.253 e. The largest absolute Gasteiger partial charge is 0.493 e. The molecule has 2 atom stereocenters. The number of piperidine rings is 1. The normalized spacial score (nSPS) is 21.1. The second kappa shape index (κ2) is 8.87. The highest BCUT2D eigenvalue weighted by atomic mass is 35.5. The summed E-state index contributed by atoms with van der Waals surface area (Å²) in [6.07, 6.45) is 2.54. The number of ether oxygens (including phenoxy) is 1. The van der Waals surface area contributed by atoms with Crippen molar-refractivity contribution in [1.82, 2.24) is 10.2 Å². The number of halogens is 1. The van der Waals surface area contributed by atoms with E-state index in [4.69, 9.17) is 16.3 Å². The van der Waals surface area contributed by atoms with Crippen molar-refractivity contribution in [2.24, 2.45) is 11.8 Å². The van der Waals surface area contributed by atoms with E-state index in [0.717, 1.165) is 25.0 Å².